The van der Waals surface area contributed by atoms with Crippen molar-refractivity contribution in [2.24, 2.45) is 11.7 Å². The SMILES string of the molecule is NCCC1CCN(c2cc3ccccc3c(=O)[nH]2)CC1. The number of rotatable bonds is 3. The largest absolute Gasteiger partial charge is 0.358 e. The minimum atomic E-state index is 0.00202. The highest BCUT2D eigenvalue weighted by Gasteiger charge is 2.19. The molecule has 0 spiro atoms. The zero-order chi connectivity index (χ0) is 13.9. The lowest BCUT2D eigenvalue weighted by atomic mass is 9.93. The van der Waals surface area contributed by atoms with E-state index in [0.717, 1.165) is 61.4 Å². The van der Waals surface area contributed by atoms with Crippen molar-refractivity contribution in [2.75, 3.05) is 24.5 Å². The van der Waals surface area contributed by atoms with E-state index in [1.807, 2.05) is 24.3 Å². The molecule has 1 aromatic heterocycles. The van der Waals surface area contributed by atoms with Gasteiger partial charge in [-0.2, -0.15) is 0 Å². The maximum atomic E-state index is 12.1. The first-order valence-corrected chi connectivity index (χ1v) is 7.35. The Morgan fingerprint density at radius 1 is 1.25 bits per heavy atom. The van der Waals surface area contributed by atoms with Gasteiger partial charge in [0.25, 0.3) is 5.56 Å². The summed E-state index contributed by atoms with van der Waals surface area (Å²) in [4.78, 5) is 17.4. The summed E-state index contributed by atoms with van der Waals surface area (Å²) in [6.07, 6.45) is 3.43. The maximum absolute atomic E-state index is 12.1. The number of nitrogens with two attached hydrogens (primary N) is 1. The van der Waals surface area contributed by atoms with Crippen LogP contribution >= 0.6 is 0 Å². The third kappa shape index (κ3) is 2.56. The van der Waals surface area contributed by atoms with Gasteiger partial charge in [-0.1, -0.05) is 18.2 Å². The lowest BCUT2D eigenvalue weighted by molar-refractivity contribution is 0.385. The van der Waals surface area contributed by atoms with Gasteiger partial charge in [0, 0.05) is 18.5 Å². The quantitative estimate of drug-likeness (QED) is 0.898. The molecule has 1 saturated heterocycles. The van der Waals surface area contributed by atoms with Crippen LogP contribution in [0.15, 0.2) is 35.1 Å². The highest BCUT2D eigenvalue weighted by Crippen LogP contribution is 2.24. The van der Waals surface area contributed by atoms with Crippen molar-refractivity contribution >= 4 is 16.6 Å². The van der Waals surface area contributed by atoms with Crippen molar-refractivity contribution in [1.29, 1.82) is 0 Å². The zero-order valence-corrected chi connectivity index (χ0v) is 11.6. The number of hydrogen-bond acceptors (Lipinski definition) is 3. The minimum Gasteiger partial charge on any atom is -0.358 e. The van der Waals surface area contributed by atoms with Crippen molar-refractivity contribution in [3.63, 3.8) is 0 Å². The van der Waals surface area contributed by atoms with E-state index in [4.69, 9.17) is 5.73 Å². The van der Waals surface area contributed by atoms with E-state index in [0.29, 0.717) is 0 Å². The highest BCUT2D eigenvalue weighted by molar-refractivity contribution is 5.83. The van der Waals surface area contributed by atoms with E-state index < -0.39 is 0 Å². The smallest absolute Gasteiger partial charge is 0.257 e. The summed E-state index contributed by atoms with van der Waals surface area (Å²) in [7, 11) is 0. The van der Waals surface area contributed by atoms with E-state index in [2.05, 4.69) is 16.0 Å². The molecule has 1 aromatic carbocycles. The molecule has 1 fully saturated rings. The Bertz CT molecular complexity index is 641. The van der Waals surface area contributed by atoms with Gasteiger partial charge in [0.05, 0.1) is 0 Å². The molecule has 1 aliphatic rings. The number of pyridine rings is 1. The fraction of sp³-hybridized carbons (Fsp3) is 0.438. The Hall–Kier alpha value is -1.81. The second kappa shape index (κ2) is 5.67. The van der Waals surface area contributed by atoms with E-state index in [1.54, 1.807) is 0 Å². The molecule has 2 heterocycles. The van der Waals surface area contributed by atoms with Crippen LogP contribution in [0.25, 0.3) is 10.8 Å². The standard InChI is InChI=1S/C16H21N3O/c17-8-5-12-6-9-19(10-7-12)15-11-13-3-1-2-4-14(13)16(20)18-15/h1-4,11-12H,5-10,17H2,(H,18,20). The lowest BCUT2D eigenvalue weighted by Crippen LogP contribution is -2.35. The summed E-state index contributed by atoms with van der Waals surface area (Å²) in [5.74, 6) is 1.68. The van der Waals surface area contributed by atoms with Gasteiger partial charge < -0.3 is 15.6 Å². The van der Waals surface area contributed by atoms with Gasteiger partial charge in [0.2, 0.25) is 0 Å². The predicted molar refractivity (Wildman–Crippen MR) is 83.2 cm³/mol. The number of nitrogens with zero attached hydrogens (tertiary/aromatic N) is 1. The summed E-state index contributed by atoms with van der Waals surface area (Å²) in [6.45, 7) is 2.77. The minimum absolute atomic E-state index is 0.00202. The van der Waals surface area contributed by atoms with Gasteiger partial charge in [-0.15, -0.1) is 0 Å². The van der Waals surface area contributed by atoms with Crippen LogP contribution in [0.5, 0.6) is 0 Å². The molecule has 0 unspecified atom stereocenters. The monoisotopic (exact) mass is 271 g/mol. The van der Waals surface area contributed by atoms with Crippen molar-refractivity contribution in [1.82, 2.24) is 4.98 Å². The van der Waals surface area contributed by atoms with Crippen LogP contribution in [0.3, 0.4) is 0 Å². The summed E-state index contributed by atoms with van der Waals surface area (Å²) < 4.78 is 0. The predicted octanol–water partition coefficient (Wildman–Crippen LogP) is 2.09. The fourth-order valence-corrected chi connectivity index (χ4v) is 3.07. The first-order valence-electron chi connectivity index (χ1n) is 7.35. The number of fused-ring (bicyclic) bond motifs is 1. The van der Waals surface area contributed by atoms with E-state index in [9.17, 15) is 4.79 Å². The highest BCUT2D eigenvalue weighted by atomic mass is 16.1. The molecule has 4 heteroatoms. The number of piperidine rings is 1. The van der Waals surface area contributed by atoms with Crippen LogP contribution in [0, 0.1) is 5.92 Å². The molecule has 3 N–H and O–H groups in total. The van der Waals surface area contributed by atoms with Gasteiger partial charge in [-0.25, -0.2) is 0 Å². The molecule has 20 heavy (non-hydrogen) atoms. The number of H-pyrrole nitrogens is 1. The Morgan fingerprint density at radius 2 is 2.00 bits per heavy atom. The lowest BCUT2D eigenvalue weighted by Gasteiger charge is -2.33. The molecular weight excluding hydrogens is 250 g/mol. The van der Waals surface area contributed by atoms with Crippen LogP contribution < -0.4 is 16.2 Å². The number of aromatic nitrogens is 1. The second-order valence-electron chi connectivity index (χ2n) is 5.58. The van der Waals surface area contributed by atoms with E-state index >= 15 is 0 Å². The second-order valence-corrected chi connectivity index (χ2v) is 5.58. The van der Waals surface area contributed by atoms with Crippen LogP contribution in [-0.4, -0.2) is 24.6 Å². The summed E-state index contributed by atoms with van der Waals surface area (Å²) in [5, 5.41) is 1.77. The Labute approximate surface area is 118 Å². The first kappa shape index (κ1) is 13.2. The van der Waals surface area contributed by atoms with E-state index in [-0.39, 0.29) is 5.56 Å². The maximum Gasteiger partial charge on any atom is 0.257 e. The Morgan fingerprint density at radius 3 is 2.75 bits per heavy atom. The molecule has 0 radical (unpaired) electrons. The van der Waals surface area contributed by atoms with Crippen LogP contribution in [0.1, 0.15) is 19.3 Å². The topological polar surface area (TPSA) is 62.1 Å². The molecule has 106 valence electrons. The molecule has 0 amide bonds. The first-order chi connectivity index (χ1) is 9.78. The molecular formula is C16H21N3O. The molecule has 0 bridgehead atoms. The fourth-order valence-electron chi connectivity index (χ4n) is 3.07. The number of benzene rings is 1. The van der Waals surface area contributed by atoms with Crippen molar-refractivity contribution in [3.8, 4) is 0 Å². The van der Waals surface area contributed by atoms with E-state index in [1.165, 1.54) is 0 Å². The molecule has 0 atom stereocenters. The molecule has 4 nitrogen and oxygen atoms in total. The molecule has 0 saturated carbocycles. The summed E-state index contributed by atoms with van der Waals surface area (Å²) in [6, 6.07) is 9.81. The Kier molecular flexibility index (Phi) is 3.74. The van der Waals surface area contributed by atoms with Crippen molar-refractivity contribution in [2.45, 2.75) is 19.3 Å². The number of anilines is 1. The number of hydrogen-bond donors (Lipinski definition) is 2. The van der Waals surface area contributed by atoms with Crippen LogP contribution in [0.4, 0.5) is 5.82 Å². The van der Waals surface area contributed by atoms with Gasteiger partial charge in [0.15, 0.2) is 0 Å². The molecule has 2 aromatic rings. The molecule has 1 aliphatic heterocycles. The number of aromatic amines is 1. The van der Waals surface area contributed by atoms with Crippen LogP contribution in [-0.2, 0) is 0 Å². The van der Waals surface area contributed by atoms with Crippen molar-refractivity contribution in [3.05, 3.63) is 40.7 Å². The molecule has 3 rings (SSSR count). The van der Waals surface area contributed by atoms with Gasteiger partial charge in [0.1, 0.15) is 5.82 Å². The van der Waals surface area contributed by atoms with Crippen LogP contribution in [0.2, 0.25) is 0 Å². The third-order valence-electron chi connectivity index (χ3n) is 4.27. The Balaban J connectivity index is 1.83. The zero-order valence-electron chi connectivity index (χ0n) is 11.6. The van der Waals surface area contributed by atoms with Gasteiger partial charge >= 0.3 is 0 Å². The summed E-state index contributed by atoms with van der Waals surface area (Å²) in [5.41, 5.74) is 5.63. The van der Waals surface area contributed by atoms with Gasteiger partial charge in [-0.3, -0.25) is 4.79 Å². The normalized spacial score (nSPS) is 16.8. The van der Waals surface area contributed by atoms with Gasteiger partial charge in [-0.05, 0) is 49.2 Å². The molecule has 0 aliphatic carbocycles. The summed E-state index contributed by atoms with van der Waals surface area (Å²) >= 11 is 0. The average molecular weight is 271 g/mol. The third-order valence-corrected chi connectivity index (χ3v) is 4.27. The van der Waals surface area contributed by atoms with Crippen molar-refractivity contribution < 1.29 is 0 Å². The average Bonchev–Trinajstić information content (AvgIpc) is 2.48. The number of nitrogens with one attached hydrogen (secondary N) is 1.